The van der Waals surface area contributed by atoms with Gasteiger partial charge < -0.3 is 19.9 Å². The van der Waals surface area contributed by atoms with Crippen LogP contribution in [-0.4, -0.2) is 36.6 Å². The molecule has 0 unspecified atom stereocenters. The first-order valence-electron chi connectivity index (χ1n) is 10.8. The number of hydrogen-bond acceptors (Lipinski definition) is 4. The molecule has 0 aliphatic rings. The number of nitrogens with zero attached hydrogens (tertiary/aromatic N) is 2. The highest BCUT2D eigenvalue weighted by atomic mass is 35.5. The lowest BCUT2D eigenvalue weighted by atomic mass is 10.1. The zero-order valence-electron chi connectivity index (χ0n) is 19.1. The molecule has 3 aromatic carbocycles. The van der Waals surface area contributed by atoms with E-state index in [4.69, 9.17) is 16.3 Å². The third-order valence-corrected chi connectivity index (χ3v) is 5.47. The number of anilines is 2. The van der Waals surface area contributed by atoms with Gasteiger partial charge in [-0.3, -0.25) is 4.79 Å². The highest BCUT2D eigenvalue weighted by Gasteiger charge is 2.13. The Morgan fingerprint density at radius 2 is 1.94 bits per heavy atom. The first-order chi connectivity index (χ1) is 15.8. The van der Waals surface area contributed by atoms with Crippen LogP contribution in [0, 0.1) is 5.92 Å². The van der Waals surface area contributed by atoms with E-state index in [1.54, 1.807) is 24.3 Å². The monoisotopic (exact) mass is 462 g/mol. The van der Waals surface area contributed by atoms with Gasteiger partial charge >= 0.3 is 0 Å². The van der Waals surface area contributed by atoms with Crippen molar-refractivity contribution >= 4 is 39.9 Å². The van der Waals surface area contributed by atoms with Gasteiger partial charge in [0.1, 0.15) is 11.6 Å². The summed E-state index contributed by atoms with van der Waals surface area (Å²) in [6, 6.07) is 18.6. The van der Waals surface area contributed by atoms with Gasteiger partial charge in [-0.15, -0.1) is 0 Å². The summed E-state index contributed by atoms with van der Waals surface area (Å²) in [7, 11) is 3.99. The van der Waals surface area contributed by atoms with Crippen molar-refractivity contribution in [2.24, 2.45) is 5.92 Å². The molecule has 1 aromatic heterocycles. The molecular weight excluding hydrogens is 436 g/mol. The number of carbonyl (C=O) groups excluding carboxylic acids is 1. The normalized spacial score (nSPS) is 11.1. The minimum absolute atomic E-state index is 0.224. The van der Waals surface area contributed by atoms with Crippen LogP contribution in [-0.2, 0) is 0 Å². The van der Waals surface area contributed by atoms with E-state index in [0.717, 1.165) is 16.7 Å². The fraction of sp³-hybridized carbons (Fsp3) is 0.231. The number of nitrogens with one attached hydrogen (secondary N) is 2. The molecule has 2 N–H and O–H groups in total. The van der Waals surface area contributed by atoms with E-state index < -0.39 is 0 Å². The molecule has 1 heterocycles. The van der Waals surface area contributed by atoms with Crippen LogP contribution in [0.1, 0.15) is 24.2 Å². The number of rotatable bonds is 7. The van der Waals surface area contributed by atoms with Crippen molar-refractivity contribution in [2.45, 2.75) is 13.8 Å². The topological polar surface area (TPSA) is 70.2 Å². The Morgan fingerprint density at radius 1 is 1.12 bits per heavy atom. The lowest BCUT2D eigenvalue weighted by Crippen LogP contribution is -2.12. The second-order valence-electron chi connectivity index (χ2n) is 8.56. The molecule has 0 spiro atoms. The average molecular weight is 463 g/mol. The summed E-state index contributed by atoms with van der Waals surface area (Å²) in [6.45, 7) is 4.76. The number of hydrogen-bond donors (Lipinski definition) is 2. The number of carbonyl (C=O) groups is 1. The predicted molar refractivity (Wildman–Crippen MR) is 136 cm³/mol. The van der Waals surface area contributed by atoms with Crippen molar-refractivity contribution in [2.75, 3.05) is 30.9 Å². The Labute approximate surface area is 198 Å². The molecule has 6 nitrogen and oxygen atoms in total. The fourth-order valence-corrected chi connectivity index (χ4v) is 3.59. The molecule has 0 atom stereocenters. The molecule has 0 saturated carbocycles. The third-order valence-electron chi connectivity index (χ3n) is 5.14. The van der Waals surface area contributed by atoms with E-state index in [9.17, 15) is 4.79 Å². The molecule has 4 aromatic rings. The molecular formula is C26H27ClN4O2. The molecule has 0 aliphatic heterocycles. The number of imidazole rings is 1. The molecule has 1 amide bonds. The molecule has 33 heavy (non-hydrogen) atoms. The number of aromatic nitrogens is 2. The van der Waals surface area contributed by atoms with Crippen LogP contribution < -0.4 is 15.0 Å². The maximum Gasteiger partial charge on any atom is 0.255 e. The molecule has 4 rings (SSSR count). The van der Waals surface area contributed by atoms with Crippen molar-refractivity contribution in [3.05, 3.63) is 71.2 Å². The number of H-pyrrole nitrogens is 1. The SMILES string of the molecule is CC(C)COc1cccc(C(=O)Nc2ccc(Cl)c(-c3nc4ccc(N(C)C)cc4[nH]3)c2)c1. The van der Waals surface area contributed by atoms with E-state index in [1.165, 1.54) is 0 Å². The summed E-state index contributed by atoms with van der Waals surface area (Å²) in [6.07, 6.45) is 0. The molecule has 0 saturated heterocycles. The predicted octanol–water partition coefficient (Wildman–Crippen LogP) is 6.24. The van der Waals surface area contributed by atoms with Crippen LogP contribution >= 0.6 is 11.6 Å². The zero-order chi connectivity index (χ0) is 23.5. The number of aromatic amines is 1. The lowest BCUT2D eigenvalue weighted by molar-refractivity contribution is 0.102. The van der Waals surface area contributed by atoms with Gasteiger partial charge in [0, 0.05) is 36.6 Å². The minimum Gasteiger partial charge on any atom is -0.493 e. The first-order valence-corrected chi connectivity index (χ1v) is 11.2. The van der Waals surface area contributed by atoms with E-state index in [0.29, 0.717) is 45.9 Å². The Kier molecular flexibility index (Phi) is 6.56. The molecule has 0 aliphatic carbocycles. The van der Waals surface area contributed by atoms with Crippen LogP contribution in [0.3, 0.4) is 0 Å². The van der Waals surface area contributed by atoms with E-state index in [1.807, 2.05) is 55.4 Å². The minimum atomic E-state index is -0.224. The Hall–Kier alpha value is -3.51. The number of fused-ring (bicyclic) bond motifs is 1. The van der Waals surface area contributed by atoms with Crippen LogP contribution in [0.25, 0.3) is 22.4 Å². The summed E-state index contributed by atoms with van der Waals surface area (Å²) >= 11 is 6.48. The fourth-order valence-electron chi connectivity index (χ4n) is 3.38. The van der Waals surface area contributed by atoms with Crippen LogP contribution in [0.4, 0.5) is 11.4 Å². The van der Waals surface area contributed by atoms with Crippen molar-refractivity contribution < 1.29 is 9.53 Å². The van der Waals surface area contributed by atoms with Gasteiger partial charge in [0.05, 0.1) is 22.7 Å². The maximum atomic E-state index is 12.9. The quantitative estimate of drug-likeness (QED) is 0.341. The second-order valence-corrected chi connectivity index (χ2v) is 8.97. The van der Waals surface area contributed by atoms with Crippen molar-refractivity contribution in [1.29, 1.82) is 0 Å². The van der Waals surface area contributed by atoms with Crippen molar-refractivity contribution in [3.63, 3.8) is 0 Å². The van der Waals surface area contributed by atoms with Gasteiger partial charge in [-0.1, -0.05) is 31.5 Å². The maximum absolute atomic E-state index is 12.9. The summed E-state index contributed by atoms with van der Waals surface area (Å²) < 4.78 is 5.74. The van der Waals surface area contributed by atoms with Crippen molar-refractivity contribution in [1.82, 2.24) is 9.97 Å². The number of benzene rings is 3. The Bertz CT molecular complexity index is 1300. The number of amides is 1. The van der Waals surface area contributed by atoms with E-state index >= 15 is 0 Å². The number of halogens is 1. The molecule has 0 bridgehead atoms. The van der Waals surface area contributed by atoms with E-state index in [2.05, 4.69) is 29.1 Å². The van der Waals surface area contributed by atoms with Gasteiger partial charge in [-0.25, -0.2) is 4.98 Å². The summed E-state index contributed by atoms with van der Waals surface area (Å²) in [5.74, 6) is 1.50. The zero-order valence-corrected chi connectivity index (χ0v) is 19.9. The molecule has 170 valence electrons. The summed E-state index contributed by atoms with van der Waals surface area (Å²) in [4.78, 5) is 22.9. The van der Waals surface area contributed by atoms with Gasteiger partial charge in [-0.2, -0.15) is 0 Å². The highest BCUT2D eigenvalue weighted by molar-refractivity contribution is 6.33. The Morgan fingerprint density at radius 3 is 2.70 bits per heavy atom. The van der Waals surface area contributed by atoms with Gasteiger partial charge in [0.15, 0.2) is 0 Å². The Balaban J connectivity index is 1.57. The molecule has 7 heteroatoms. The first kappa shape index (κ1) is 22.7. The van der Waals surface area contributed by atoms with Gasteiger partial charge in [-0.05, 0) is 60.5 Å². The molecule has 0 radical (unpaired) electrons. The molecule has 0 fully saturated rings. The van der Waals surface area contributed by atoms with Gasteiger partial charge in [0.2, 0.25) is 0 Å². The third kappa shape index (κ3) is 5.29. The van der Waals surface area contributed by atoms with Crippen LogP contribution in [0.2, 0.25) is 5.02 Å². The smallest absolute Gasteiger partial charge is 0.255 e. The second kappa shape index (κ2) is 9.55. The average Bonchev–Trinajstić information content (AvgIpc) is 3.22. The van der Waals surface area contributed by atoms with Crippen molar-refractivity contribution in [3.8, 4) is 17.1 Å². The van der Waals surface area contributed by atoms with Crippen LogP contribution in [0.15, 0.2) is 60.7 Å². The highest BCUT2D eigenvalue weighted by Crippen LogP contribution is 2.31. The summed E-state index contributed by atoms with van der Waals surface area (Å²) in [5, 5.41) is 3.49. The standard InChI is InChI=1S/C26H27ClN4O2/c1-16(2)15-33-20-7-5-6-17(12-20)26(32)28-18-8-10-22(27)21(13-18)25-29-23-11-9-19(31(3)4)14-24(23)30-25/h5-14,16H,15H2,1-4H3,(H,28,32)(H,29,30). The lowest BCUT2D eigenvalue weighted by Gasteiger charge is -2.11. The van der Waals surface area contributed by atoms with E-state index in [-0.39, 0.29) is 5.91 Å². The largest absolute Gasteiger partial charge is 0.493 e. The van der Waals surface area contributed by atoms with Gasteiger partial charge in [0.25, 0.3) is 5.91 Å². The van der Waals surface area contributed by atoms with Crippen LogP contribution in [0.5, 0.6) is 5.75 Å². The number of ether oxygens (including phenoxy) is 1. The summed E-state index contributed by atoms with van der Waals surface area (Å²) in [5.41, 5.74) is 4.70.